The summed E-state index contributed by atoms with van der Waals surface area (Å²) >= 11 is 0. The summed E-state index contributed by atoms with van der Waals surface area (Å²) in [6.07, 6.45) is 3.01. The number of methoxy groups -OCH3 is 1. The zero-order valence-corrected chi connectivity index (χ0v) is 28.9. The van der Waals surface area contributed by atoms with Gasteiger partial charge in [-0.1, -0.05) is 32.6 Å². The Hall–Kier alpha value is -4.49. The number of aromatic nitrogens is 1. The smallest absolute Gasteiger partial charge is 0.427 e. The lowest BCUT2D eigenvalue weighted by molar-refractivity contribution is -0.244. The van der Waals surface area contributed by atoms with E-state index >= 15 is 0 Å². The second-order valence-electron chi connectivity index (χ2n) is 14.0. The fourth-order valence-electron chi connectivity index (χ4n) is 6.59. The average Bonchev–Trinajstić information content (AvgIpc) is 3.64. The number of hydrogen-bond acceptors (Lipinski definition) is 8. The van der Waals surface area contributed by atoms with Crippen LogP contribution >= 0.6 is 0 Å². The highest BCUT2D eigenvalue weighted by molar-refractivity contribution is 5.94. The fourth-order valence-corrected chi connectivity index (χ4v) is 6.59. The number of alkyl carbamates (subject to hydrolysis) is 1. The van der Waals surface area contributed by atoms with Crippen LogP contribution in [-0.2, 0) is 14.3 Å². The van der Waals surface area contributed by atoms with Gasteiger partial charge in [-0.2, -0.15) is 13.2 Å². The first-order valence-corrected chi connectivity index (χ1v) is 16.9. The van der Waals surface area contributed by atoms with Crippen molar-refractivity contribution in [2.45, 2.75) is 95.8 Å². The van der Waals surface area contributed by atoms with Gasteiger partial charge in [-0.3, -0.25) is 9.59 Å². The van der Waals surface area contributed by atoms with Gasteiger partial charge < -0.3 is 34.5 Å². The normalized spacial score (nSPS) is 28.2. The quantitative estimate of drug-likeness (QED) is 0.263. The molecule has 1 aliphatic carbocycles. The lowest BCUT2D eigenvalue weighted by Crippen LogP contribution is -2.57. The minimum absolute atomic E-state index is 0.0430. The minimum atomic E-state index is -4.84. The first kappa shape index (κ1) is 36.8. The molecule has 1 aromatic heterocycles. The van der Waals surface area contributed by atoms with Crippen LogP contribution in [-0.4, -0.2) is 77.5 Å². The molecule has 2 aromatic rings. The van der Waals surface area contributed by atoms with Gasteiger partial charge in [0.25, 0.3) is 0 Å². The van der Waals surface area contributed by atoms with Crippen molar-refractivity contribution in [3.05, 3.63) is 49.4 Å². The van der Waals surface area contributed by atoms with Crippen molar-refractivity contribution in [3.63, 3.8) is 0 Å². The van der Waals surface area contributed by atoms with Crippen LogP contribution in [0, 0.1) is 17.8 Å². The van der Waals surface area contributed by atoms with Gasteiger partial charge >= 0.3 is 12.3 Å². The van der Waals surface area contributed by atoms with E-state index < -0.39 is 47.9 Å². The van der Waals surface area contributed by atoms with Gasteiger partial charge in [0, 0.05) is 23.2 Å². The number of allylic oxidation sites excluding steroid dienone is 1. The molecule has 1 aromatic carbocycles. The number of carbonyl (C=O) groups is 3. The molecule has 272 valence electrons. The van der Waals surface area contributed by atoms with Crippen LogP contribution in [0.3, 0.4) is 0 Å². The molecule has 50 heavy (non-hydrogen) atoms. The summed E-state index contributed by atoms with van der Waals surface area (Å²) in [7, 11) is 1.54. The Morgan fingerprint density at radius 3 is 2.60 bits per heavy atom. The molecule has 3 aliphatic rings. The highest BCUT2D eigenvalue weighted by Gasteiger charge is 2.52. The van der Waals surface area contributed by atoms with Crippen LogP contribution in [0.1, 0.15) is 59.8 Å². The zero-order chi connectivity index (χ0) is 36.4. The van der Waals surface area contributed by atoms with Crippen LogP contribution < -0.4 is 24.8 Å². The van der Waals surface area contributed by atoms with E-state index in [0.717, 1.165) is 33.1 Å². The molecule has 3 amide bonds. The highest BCUT2D eigenvalue weighted by atomic mass is 19.4. The number of hydrogen-bond donors (Lipinski definition) is 2. The summed E-state index contributed by atoms with van der Waals surface area (Å²) in [5.41, 5.74) is -2.80. The number of nitrogens with zero attached hydrogens (tertiary/aromatic N) is 2. The molecule has 3 heterocycles. The molecule has 2 fully saturated rings. The van der Waals surface area contributed by atoms with Crippen molar-refractivity contribution < 1.29 is 46.5 Å². The van der Waals surface area contributed by atoms with E-state index in [1.807, 2.05) is 6.92 Å². The number of alkyl halides is 3. The number of pyridine rings is 1. The molecule has 1 saturated heterocycles. The third-order valence-corrected chi connectivity index (χ3v) is 9.65. The van der Waals surface area contributed by atoms with Crippen LogP contribution in [0.4, 0.5) is 18.0 Å². The summed E-state index contributed by atoms with van der Waals surface area (Å²) in [4.78, 5) is 47.0. The Morgan fingerprint density at radius 2 is 1.90 bits per heavy atom. The Bertz CT molecular complexity index is 1630. The molecule has 2 N–H and O–H groups in total. The molecular weight excluding hydrogens is 657 g/mol. The maximum atomic E-state index is 14.4. The zero-order valence-electron chi connectivity index (χ0n) is 28.9. The van der Waals surface area contributed by atoms with Gasteiger partial charge in [0.2, 0.25) is 23.3 Å². The SMILES string of the molecule is C=COc1cnc(OC2CC3C(=O)NC4CC4/C=C\CCC(C)CC(C)C(NC(=O)OC(C)(C)C(F)(F)F)C(=O)N3C2)c2ccc(OC)cc12. The summed E-state index contributed by atoms with van der Waals surface area (Å²) in [5.74, 6) is 0.0517. The number of ether oxygens (including phenoxy) is 4. The van der Waals surface area contributed by atoms with Crippen LogP contribution in [0.25, 0.3) is 10.8 Å². The molecule has 1 saturated carbocycles. The molecule has 0 spiro atoms. The number of nitrogens with one attached hydrogen (secondary N) is 2. The standard InChI is InChI=1S/C36H45F3N4O7/c1-7-48-29-18-40-32(25-13-12-23(47-6)16-26(25)29)49-24-17-28-31(44)41-27-15-22(27)11-9-8-10-20(2)14-21(3)30(33(45)43(28)19-24)42-34(46)50-35(4,5)36(37,38)39/h7,9,11-13,16,18,20-22,24,27-28,30H,1,8,10,14-15,17,19H2,2-6H3,(H,41,44)(H,42,46)/b11-9-. The maximum absolute atomic E-state index is 14.4. The predicted molar refractivity (Wildman–Crippen MR) is 179 cm³/mol. The number of amides is 3. The van der Waals surface area contributed by atoms with E-state index in [4.69, 9.17) is 18.9 Å². The molecule has 7 atom stereocenters. The highest BCUT2D eigenvalue weighted by Crippen LogP contribution is 2.37. The molecule has 2 aliphatic heterocycles. The van der Waals surface area contributed by atoms with Crippen molar-refractivity contribution in [2.24, 2.45) is 17.8 Å². The van der Waals surface area contributed by atoms with Crippen molar-refractivity contribution in [3.8, 4) is 17.4 Å². The van der Waals surface area contributed by atoms with Crippen molar-refractivity contribution in [2.75, 3.05) is 13.7 Å². The Kier molecular flexibility index (Phi) is 10.9. The van der Waals surface area contributed by atoms with E-state index in [1.165, 1.54) is 24.5 Å². The van der Waals surface area contributed by atoms with Crippen molar-refractivity contribution in [1.82, 2.24) is 20.5 Å². The van der Waals surface area contributed by atoms with E-state index in [9.17, 15) is 27.6 Å². The average molecular weight is 703 g/mol. The van der Waals surface area contributed by atoms with E-state index in [0.29, 0.717) is 28.7 Å². The van der Waals surface area contributed by atoms with E-state index in [2.05, 4.69) is 34.3 Å². The minimum Gasteiger partial charge on any atom is -0.497 e. The Morgan fingerprint density at radius 1 is 1.14 bits per heavy atom. The molecule has 14 heteroatoms. The van der Waals surface area contributed by atoms with Crippen LogP contribution in [0.5, 0.6) is 17.4 Å². The van der Waals surface area contributed by atoms with Crippen LogP contribution in [0.2, 0.25) is 0 Å². The van der Waals surface area contributed by atoms with Gasteiger partial charge in [-0.15, -0.1) is 0 Å². The van der Waals surface area contributed by atoms with Crippen molar-refractivity contribution >= 4 is 28.7 Å². The second kappa shape index (κ2) is 14.8. The third kappa shape index (κ3) is 8.27. The summed E-state index contributed by atoms with van der Waals surface area (Å²) in [6, 6.07) is 2.92. The van der Waals surface area contributed by atoms with Crippen LogP contribution in [0.15, 0.2) is 49.4 Å². The first-order valence-electron chi connectivity index (χ1n) is 16.9. The van der Waals surface area contributed by atoms with Gasteiger partial charge in [0.15, 0.2) is 5.75 Å². The summed E-state index contributed by atoms with van der Waals surface area (Å²) < 4.78 is 62.9. The molecule has 7 unspecified atom stereocenters. The molecular formula is C36H45F3N4O7. The number of rotatable bonds is 7. The number of halogens is 3. The van der Waals surface area contributed by atoms with Gasteiger partial charge in [-0.05, 0) is 75.5 Å². The summed E-state index contributed by atoms with van der Waals surface area (Å²) in [5, 5.41) is 6.72. The largest absolute Gasteiger partial charge is 0.497 e. The molecule has 11 nitrogen and oxygen atoms in total. The number of benzene rings is 1. The topological polar surface area (TPSA) is 128 Å². The number of fused-ring (bicyclic) bond motifs is 3. The summed E-state index contributed by atoms with van der Waals surface area (Å²) in [6.45, 7) is 8.83. The monoisotopic (exact) mass is 702 g/mol. The fraction of sp³-hybridized carbons (Fsp3) is 0.556. The second-order valence-corrected chi connectivity index (χ2v) is 14.0. The Labute approximate surface area is 289 Å². The third-order valence-electron chi connectivity index (χ3n) is 9.65. The molecule has 5 rings (SSSR count). The van der Waals surface area contributed by atoms with E-state index in [-0.39, 0.29) is 42.6 Å². The Balaban J connectivity index is 1.46. The number of carbonyl (C=O) groups excluding carboxylic acids is 3. The van der Waals surface area contributed by atoms with Gasteiger partial charge in [0.1, 0.15) is 23.9 Å². The van der Waals surface area contributed by atoms with E-state index in [1.54, 1.807) is 25.1 Å². The lowest BCUT2D eigenvalue weighted by atomic mass is 9.88. The predicted octanol–water partition coefficient (Wildman–Crippen LogP) is 6.07. The maximum Gasteiger partial charge on any atom is 0.427 e. The van der Waals surface area contributed by atoms with Gasteiger partial charge in [0.05, 0.1) is 26.1 Å². The molecule has 0 radical (unpaired) electrons. The van der Waals surface area contributed by atoms with Gasteiger partial charge in [-0.25, -0.2) is 9.78 Å². The molecule has 0 bridgehead atoms. The lowest BCUT2D eigenvalue weighted by Gasteiger charge is -2.33. The van der Waals surface area contributed by atoms with Crippen molar-refractivity contribution in [1.29, 1.82) is 0 Å². The first-order chi connectivity index (χ1) is 23.6.